The summed E-state index contributed by atoms with van der Waals surface area (Å²) in [6.07, 6.45) is -1.51. The summed E-state index contributed by atoms with van der Waals surface area (Å²) in [5.74, 6) is -0.415. The van der Waals surface area contributed by atoms with Crippen molar-refractivity contribution in [2.75, 3.05) is 19.7 Å². The van der Waals surface area contributed by atoms with Gasteiger partial charge >= 0.3 is 16.4 Å². The van der Waals surface area contributed by atoms with Crippen LogP contribution in [0.5, 0.6) is 23.0 Å². The van der Waals surface area contributed by atoms with Gasteiger partial charge in [0.15, 0.2) is 0 Å². The first-order valence-electron chi connectivity index (χ1n) is 13.1. The van der Waals surface area contributed by atoms with E-state index in [1.165, 1.54) is 43.3 Å². The van der Waals surface area contributed by atoms with Crippen LogP contribution in [0, 0.1) is 0 Å². The van der Waals surface area contributed by atoms with E-state index < -0.39 is 22.6 Å². The number of benzene rings is 2. The van der Waals surface area contributed by atoms with E-state index in [4.69, 9.17) is 17.5 Å². The number of ether oxygens (including phenoxy) is 1. The third-order valence-electron chi connectivity index (χ3n) is 4.62. The fraction of sp³-hybridized carbons (Fsp3) is 0.536. The number of esters is 1. The Kier molecular flexibility index (Phi) is 18.7. The molecule has 10 N–H and O–H groups in total. The third kappa shape index (κ3) is 27.4. The average molecular weight is 637 g/mol. The summed E-state index contributed by atoms with van der Waals surface area (Å²) in [6.45, 7) is 16.4. The molecular formula is C28H48N2O12S. The SMILES string of the molecule is CC(C)(C)NCC(O)c1cc(O)cc(O)c1.CC(C)(C)NCC(O)c1cc(O)cc(O)c1.CCOC(C)=O.O=S(=O)(O)O. The lowest BCUT2D eigenvalue weighted by molar-refractivity contribution is -0.140. The molecular weight excluding hydrogens is 588 g/mol. The number of carbonyl (C=O) groups excluding carboxylic acids is 1. The van der Waals surface area contributed by atoms with Crippen LogP contribution in [-0.2, 0) is 19.9 Å². The smallest absolute Gasteiger partial charge is 0.394 e. The van der Waals surface area contributed by atoms with Crippen LogP contribution in [0.15, 0.2) is 36.4 Å². The van der Waals surface area contributed by atoms with Gasteiger partial charge in [0.05, 0.1) is 18.8 Å². The lowest BCUT2D eigenvalue weighted by Crippen LogP contribution is -2.38. The number of aromatic hydroxyl groups is 4. The fourth-order valence-corrected chi connectivity index (χ4v) is 2.87. The standard InChI is InChI=1S/2C12H19NO3.C4H8O2.H2O4S/c2*1-12(2,3)13-7-11(16)8-4-9(14)6-10(15)5-8;1-3-6-4(2)5;1-5(2,3)4/h2*4-6,11,13-16H,7H2,1-3H3;3H2,1-2H3;(H2,1,2,3,4). The number of phenolic OH excluding ortho intramolecular Hbond substituents is 4. The normalized spacial score (nSPS) is 12.7. The van der Waals surface area contributed by atoms with Gasteiger partial charge in [0.1, 0.15) is 23.0 Å². The molecule has 0 bridgehead atoms. The average Bonchev–Trinajstić information content (AvgIpc) is 2.78. The molecule has 2 aromatic carbocycles. The molecule has 14 nitrogen and oxygen atoms in total. The summed E-state index contributed by atoms with van der Waals surface area (Å²) in [4.78, 5) is 9.82. The van der Waals surface area contributed by atoms with Crippen LogP contribution in [0.4, 0.5) is 0 Å². The van der Waals surface area contributed by atoms with Crippen LogP contribution in [0.1, 0.15) is 78.7 Å². The first kappa shape index (κ1) is 42.0. The number of aliphatic hydroxyl groups is 2. The van der Waals surface area contributed by atoms with Crippen molar-refractivity contribution in [1.82, 2.24) is 10.6 Å². The first-order chi connectivity index (χ1) is 19.3. The molecule has 0 saturated carbocycles. The molecule has 0 fully saturated rings. The Morgan fingerprint density at radius 1 is 0.721 bits per heavy atom. The maximum absolute atomic E-state index is 9.85. The summed E-state index contributed by atoms with van der Waals surface area (Å²) >= 11 is 0. The van der Waals surface area contributed by atoms with Crippen LogP contribution in [0.25, 0.3) is 0 Å². The highest BCUT2D eigenvalue weighted by molar-refractivity contribution is 7.79. The molecule has 0 aliphatic carbocycles. The van der Waals surface area contributed by atoms with Crippen LogP contribution in [0.2, 0.25) is 0 Å². The minimum absolute atomic E-state index is 0.0511. The van der Waals surface area contributed by atoms with Crippen molar-refractivity contribution < 1.29 is 57.7 Å². The fourth-order valence-electron chi connectivity index (χ4n) is 2.87. The number of β-amino-alcohol motifs (C(OH)–C–C–N with tert-alkyl or cyclic N) is 2. The van der Waals surface area contributed by atoms with Crippen molar-refractivity contribution in [2.24, 2.45) is 0 Å². The number of nitrogens with one attached hydrogen (secondary N) is 2. The molecule has 2 rings (SSSR count). The zero-order valence-electron chi connectivity index (χ0n) is 25.9. The Bertz CT molecular complexity index is 1090. The van der Waals surface area contributed by atoms with Gasteiger partial charge < -0.3 is 46.0 Å². The second kappa shape index (κ2) is 19.2. The summed E-state index contributed by atoms with van der Waals surface area (Å²) in [5, 5.41) is 63.1. The molecule has 2 unspecified atom stereocenters. The lowest BCUT2D eigenvalue weighted by atomic mass is 10.1. The first-order valence-corrected chi connectivity index (χ1v) is 14.5. The highest BCUT2D eigenvalue weighted by Gasteiger charge is 2.15. The topological polar surface area (TPSA) is 246 Å². The van der Waals surface area contributed by atoms with Gasteiger partial charge in [0.2, 0.25) is 0 Å². The highest BCUT2D eigenvalue weighted by atomic mass is 32.3. The Hall–Kier alpha value is -3.18. The number of carbonyl (C=O) groups is 1. The molecule has 0 saturated heterocycles. The van der Waals surface area contributed by atoms with Gasteiger partial charge in [-0.3, -0.25) is 13.9 Å². The number of aliphatic hydroxyl groups excluding tert-OH is 2. The van der Waals surface area contributed by atoms with E-state index in [9.17, 15) is 35.4 Å². The molecule has 0 aromatic heterocycles. The van der Waals surface area contributed by atoms with E-state index in [1.807, 2.05) is 41.5 Å². The number of hydrogen-bond acceptors (Lipinski definition) is 12. The summed E-state index contributed by atoms with van der Waals surface area (Å²) < 4.78 is 36.0. The molecule has 0 aliphatic heterocycles. The van der Waals surface area contributed by atoms with Gasteiger partial charge in [0, 0.05) is 43.2 Å². The van der Waals surface area contributed by atoms with E-state index in [0.717, 1.165) is 0 Å². The lowest BCUT2D eigenvalue weighted by Gasteiger charge is -2.23. The third-order valence-corrected chi connectivity index (χ3v) is 4.62. The second-order valence-corrected chi connectivity index (χ2v) is 12.1. The van der Waals surface area contributed by atoms with Crippen LogP contribution in [0.3, 0.4) is 0 Å². The van der Waals surface area contributed by atoms with Gasteiger partial charge in [-0.1, -0.05) is 0 Å². The Morgan fingerprint density at radius 2 is 0.977 bits per heavy atom. The van der Waals surface area contributed by atoms with Crippen LogP contribution >= 0.6 is 0 Å². The van der Waals surface area contributed by atoms with Gasteiger partial charge in [-0.15, -0.1) is 0 Å². The second-order valence-electron chi connectivity index (χ2n) is 11.2. The molecule has 0 aliphatic rings. The van der Waals surface area contributed by atoms with Crippen molar-refractivity contribution in [2.45, 2.75) is 78.7 Å². The predicted molar refractivity (Wildman–Crippen MR) is 161 cm³/mol. The van der Waals surface area contributed by atoms with Gasteiger partial charge in [-0.25, -0.2) is 0 Å². The number of phenols is 4. The maximum Gasteiger partial charge on any atom is 0.394 e. The summed E-state index contributed by atoms with van der Waals surface area (Å²) in [6, 6.07) is 8.22. The Labute approximate surface area is 253 Å². The van der Waals surface area contributed by atoms with E-state index >= 15 is 0 Å². The van der Waals surface area contributed by atoms with Gasteiger partial charge in [0.25, 0.3) is 0 Å². The van der Waals surface area contributed by atoms with Crippen molar-refractivity contribution in [3.63, 3.8) is 0 Å². The van der Waals surface area contributed by atoms with Crippen LogP contribution in [-0.4, -0.2) is 84.9 Å². The van der Waals surface area contributed by atoms with Gasteiger partial charge in [-0.05, 0) is 83.9 Å². The molecule has 2 aromatic rings. The van der Waals surface area contributed by atoms with E-state index in [0.29, 0.717) is 30.8 Å². The zero-order valence-corrected chi connectivity index (χ0v) is 26.7. The minimum atomic E-state index is -4.67. The molecule has 0 spiro atoms. The van der Waals surface area contributed by atoms with Crippen LogP contribution < -0.4 is 10.6 Å². The minimum Gasteiger partial charge on any atom is -0.508 e. The molecule has 43 heavy (non-hydrogen) atoms. The van der Waals surface area contributed by atoms with Crippen molar-refractivity contribution >= 4 is 16.4 Å². The van der Waals surface area contributed by atoms with E-state index in [2.05, 4.69) is 15.4 Å². The molecule has 0 radical (unpaired) electrons. The largest absolute Gasteiger partial charge is 0.508 e. The number of rotatable bonds is 7. The van der Waals surface area contributed by atoms with Crippen molar-refractivity contribution in [3.05, 3.63) is 47.5 Å². The van der Waals surface area contributed by atoms with E-state index in [1.54, 1.807) is 6.92 Å². The molecule has 248 valence electrons. The number of hydrogen-bond donors (Lipinski definition) is 10. The van der Waals surface area contributed by atoms with Crippen molar-refractivity contribution in [3.8, 4) is 23.0 Å². The van der Waals surface area contributed by atoms with E-state index in [-0.39, 0.29) is 40.0 Å². The molecule has 0 heterocycles. The van der Waals surface area contributed by atoms with Gasteiger partial charge in [-0.2, -0.15) is 8.42 Å². The van der Waals surface area contributed by atoms with Crippen molar-refractivity contribution in [1.29, 1.82) is 0 Å². The Balaban J connectivity index is 0. The quantitative estimate of drug-likeness (QED) is 0.155. The maximum atomic E-state index is 9.85. The summed E-state index contributed by atoms with van der Waals surface area (Å²) in [5.41, 5.74) is 0.822. The molecule has 0 amide bonds. The predicted octanol–water partition coefficient (Wildman–Crippen LogP) is 2.96. The highest BCUT2D eigenvalue weighted by Crippen LogP contribution is 2.26. The Morgan fingerprint density at radius 3 is 1.14 bits per heavy atom. The zero-order chi connectivity index (χ0) is 34.2. The molecule has 2 atom stereocenters. The molecule has 15 heteroatoms. The monoisotopic (exact) mass is 636 g/mol. The summed E-state index contributed by atoms with van der Waals surface area (Å²) in [7, 11) is -4.67.